The van der Waals surface area contributed by atoms with E-state index in [1.165, 1.54) is 37.8 Å². The molecule has 1 fully saturated rings. The summed E-state index contributed by atoms with van der Waals surface area (Å²) in [6.45, 7) is 5.83. The van der Waals surface area contributed by atoms with Gasteiger partial charge in [0.1, 0.15) is 0 Å². The van der Waals surface area contributed by atoms with E-state index in [1.54, 1.807) is 0 Å². The average molecular weight is 277 g/mol. The topological polar surface area (TPSA) is 12.0 Å². The molecule has 0 aromatic heterocycles. The monoisotopic (exact) mass is 277 g/mol. The first-order valence-corrected chi connectivity index (χ1v) is 8.73. The Morgan fingerprint density at radius 2 is 2.00 bits per heavy atom. The Hall–Kier alpha value is -0.470. The first kappa shape index (κ1) is 14.9. The Balaban J connectivity index is 1.86. The van der Waals surface area contributed by atoms with E-state index in [1.807, 2.05) is 0 Å². The maximum atomic E-state index is 3.76. The molecule has 0 saturated heterocycles. The van der Waals surface area contributed by atoms with Gasteiger partial charge in [-0.1, -0.05) is 44.2 Å². The molecule has 3 unspecified atom stereocenters. The summed E-state index contributed by atoms with van der Waals surface area (Å²) in [5, 5.41) is 4.54. The molecule has 0 amide bonds. The summed E-state index contributed by atoms with van der Waals surface area (Å²) in [5.74, 6) is 2.05. The van der Waals surface area contributed by atoms with E-state index >= 15 is 0 Å². The predicted molar refractivity (Wildman–Crippen MR) is 86.6 cm³/mol. The van der Waals surface area contributed by atoms with E-state index < -0.39 is 0 Å². The van der Waals surface area contributed by atoms with Gasteiger partial charge in [0.2, 0.25) is 0 Å². The van der Waals surface area contributed by atoms with Gasteiger partial charge in [-0.25, -0.2) is 0 Å². The quantitative estimate of drug-likeness (QED) is 0.823. The van der Waals surface area contributed by atoms with E-state index in [0.29, 0.717) is 0 Å². The van der Waals surface area contributed by atoms with Crippen LogP contribution >= 0.6 is 11.8 Å². The van der Waals surface area contributed by atoms with Gasteiger partial charge >= 0.3 is 0 Å². The summed E-state index contributed by atoms with van der Waals surface area (Å²) >= 11 is 2.15. The maximum Gasteiger partial charge on any atom is 0.0207 e. The van der Waals surface area contributed by atoms with Gasteiger partial charge in [0.05, 0.1) is 0 Å². The number of hydrogen-bond donors (Lipinski definition) is 1. The van der Waals surface area contributed by atoms with Crippen molar-refractivity contribution in [3.8, 4) is 0 Å². The van der Waals surface area contributed by atoms with Crippen molar-refractivity contribution >= 4 is 11.8 Å². The molecule has 0 heterocycles. The van der Waals surface area contributed by atoms with Crippen molar-refractivity contribution in [1.82, 2.24) is 5.32 Å². The standard InChI is InChI=1S/C17H27NS/c1-3-11-18-16-10-9-14(2)12-17(16)19-13-15-7-5-4-6-8-15/h4-8,14,16-18H,3,9-13H2,1-2H3. The van der Waals surface area contributed by atoms with Crippen molar-refractivity contribution in [2.45, 2.75) is 56.6 Å². The van der Waals surface area contributed by atoms with Gasteiger partial charge in [-0.15, -0.1) is 0 Å². The van der Waals surface area contributed by atoms with Crippen LogP contribution in [0.2, 0.25) is 0 Å². The second-order valence-electron chi connectivity index (χ2n) is 5.81. The molecule has 1 aliphatic rings. The van der Waals surface area contributed by atoms with Crippen LogP contribution in [0.3, 0.4) is 0 Å². The van der Waals surface area contributed by atoms with Gasteiger partial charge in [0.25, 0.3) is 0 Å². The van der Waals surface area contributed by atoms with E-state index in [0.717, 1.165) is 23.0 Å². The summed E-state index contributed by atoms with van der Waals surface area (Å²) < 4.78 is 0. The molecule has 1 aromatic rings. The third kappa shape index (κ3) is 4.85. The minimum absolute atomic E-state index is 0.727. The summed E-state index contributed by atoms with van der Waals surface area (Å²) in [6.07, 6.45) is 5.36. The van der Waals surface area contributed by atoms with E-state index in [2.05, 4.69) is 61.3 Å². The smallest absolute Gasteiger partial charge is 0.0207 e. The highest BCUT2D eigenvalue weighted by molar-refractivity contribution is 7.99. The molecule has 1 aromatic carbocycles. The van der Waals surface area contributed by atoms with Crippen LogP contribution < -0.4 is 5.32 Å². The maximum absolute atomic E-state index is 3.76. The van der Waals surface area contributed by atoms with Gasteiger partial charge in [-0.05, 0) is 43.7 Å². The van der Waals surface area contributed by atoms with Gasteiger partial charge in [0.15, 0.2) is 0 Å². The van der Waals surface area contributed by atoms with Crippen LogP contribution in [0.15, 0.2) is 30.3 Å². The lowest BCUT2D eigenvalue weighted by atomic mass is 9.87. The lowest BCUT2D eigenvalue weighted by molar-refractivity contribution is 0.317. The Morgan fingerprint density at radius 3 is 2.74 bits per heavy atom. The van der Waals surface area contributed by atoms with Gasteiger partial charge < -0.3 is 5.32 Å². The molecule has 19 heavy (non-hydrogen) atoms. The number of thioether (sulfide) groups is 1. The van der Waals surface area contributed by atoms with Gasteiger partial charge in [-0.2, -0.15) is 11.8 Å². The number of rotatable bonds is 6. The molecule has 1 saturated carbocycles. The van der Waals surface area contributed by atoms with Gasteiger partial charge in [-0.3, -0.25) is 0 Å². The van der Waals surface area contributed by atoms with Crippen LogP contribution in [0.4, 0.5) is 0 Å². The van der Waals surface area contributed by atoms with Crippen LogP contribution in [-0.2, 0) is 5.75 Å². The fourth-order valence-electron chi connectivity index (χ4n) is 2.85. The lowest BCUT2D eigenvalue weighted by Crippen LogP contribution is -2.42. The fraction of sp³-hybridized carbons (Fsp3) is 0.647. The summed E-state index contributed by atoms with van der Waals surface area (Å²) in [6, 6.07) is 11.6. The lowest BCUT2D eigenvalue weighted by Gasteiger charge is -2.35. The zero-order chi connectivity index (χ0) is 13.5. The second-order valence-corrected chi connectivity index (χ2v) is 7.04. The Bertz CT molecular complexity index is 350. The SMILES string of the molecule is CCCNC1CCC(C)CC1SCc1ccccc1. The van der Waals surface area contributed by atoms with Crippen LogP contribution in [0, 0.1) is 5.92 Å². The predicted octanol–water partition coefficient (Wildman–Crippen LogP) is 4.48. The Labute approximate surface area is 122 Å². The molecule has 106 valence electrons. The van der Waals surface area contributed by atoms with E-state index in [9.17, 15) is 0 Å². The molecule has 0 spiro atoms. The summed E-state index contributed by atoms with van der Waals surface area (Å²) in [7, 11) is 0. The normalized spacial score (nSPS) is 27.4. The highest BCUT2D eigenvalue weighted by atomic mass is 32.2. The highest BCUT2D eigenvalue weighted by Crippen LogP contribution is 2.34. The largest absolute Gasteiger partial charge is 0.313 e. The van der Waals surface area contributed by atoms with Crippen molar-refractivity contribution in [2.75, 3.05) is 6.54 Å². The molecular formula is C17H27NS. The molecule has 1 aliphatic carbocycles. The fourth-order valence-corrected chi connectivity index (χ4v) is 4.38. The molecule has 3 atom stereocenters. The number of nitrogens with one attached hydrogen (secondary N) is 1. The minimum atomic E-state index is 0.727. The van der Waals surface area contributed by atoms with Crippen LogP contribution in [0.5, 0.6) is 0 Å². The molecular weight excluding hydrogens is 250 g/mol. The van der Waals surface area contributed by atoms with Crippen molar-refractivity contribution in [3.05, 3.63) is 35.9 Å². The molecule has 0 bridgehead atoms. The highest BCUT2D eigenvalue weighted by Gasteiger charge is 2.28. The molecule has 2 rings (SSSR count). The number of benzene rings is 1. The van der Waals surface area contributed by atoms with Crippen LogP contribution in [0.25, 0.3) is 0 Å². The van der Waals surface area contributed by atoms with Crippen molar-refractivity contribution < 1.29 is 0 Å². The second kappa shape index (κ2) is 7.96. The third-order valence-corrected chi connectivity index (χ3v) is 5.47. The van der Waals surface area contributed by atoms with Crippen molar-refractivity contribution in [1.29, 1.82) is 0 Å². The Kier molecular flexibility index (Phi) is 6.25. The molecule has 0 radical (unpaired) electrons. The summed E-state index contributed by atoms with van der Waals surface area (Å²) in [5.41, 5.74) is 1.46. The average Bonchev–Trinajstić information content (AvgIpc) is 2.45. The van der Waals surface area contributed by atoms with Crippen LogP contribution in [-0.4, -0.2) is 17.8 Å². The first-order valence-electron chi connectivity index (χ1n) is 7.68. The molecule has 1 nitrogen and oxygen atoms in total. The first-order chi connectivity index (χ1) is 9.29. The molecule has 1 N–H and O–H groups in total. The van der Waals surface area contributed by atoms with Crippen molar-refractivity contribution in [3.63, 3.8) is 0 Å². The van der Waals surface area contributed by atoms with Gasteiger partial charge in [0, 0.05) is 17.0 Å². The minimum Gasteiger partial charge on any atom is -0.313 e. The van der Waals surface area contributed by atoms with E-state index in [4.69, 9.17) is 0 Å². The zero-order valence-electron chi connectivity index (χ0n) is 12.3. The van der Waals surface area contributed by atoms with Crippen LogP contribution in [0.1, 0.15) is 45.1 Å². The third-order valence-electron chi connectivity index (χ3n) is 4.02. The Morgan fingerprint density at radius 1 is 1.21 bits per heavy atom. The van der Waals surface area contributed by atoms with Crippen molar-refractivity contribution in [2.24, 2.45) is 5.92 Å². The molecule has 0 aliphatic heterocycles. The zero-order valence-corrected chi connectivity index (χ0v) is 13.1. The molecule has 2 heteroatoms. The summed E-state index contributed by atoms with van der Waals surface area (Å²) in [4.78, 5) is 0. The van der Waals surface area contributed by atoms with E-state index in [-0.39, 0.29) is 0 Å². The number of hydrogen-bond acceptors (Lipinski definition) is 2.